The van der Waals surface area contributed by atoms with Gasteiger partial charge in [0, 0.05) is 20.7 Å². The summed E-state index contributed by atoms with van der Waals surface area (Å²) < 4.78 is 1.19. The SMILES string of the molecule is CC(C)(C)c1nc(Cl)cc(Nc2ccc(I)cc2)n1. The van der Waals surface area contributed by atoms with Crippen LogP contribution in [0.4, 0.5) is 11.5 Å². The fourth-order valence-electron chi connectivity index (χ4n) is 1.50. The van der Waals surface area contributed by atoms with Crippen molar-refractivity contribution in [3.63, 3.8) is 0 Å². The van der Waals surface area contributed by atoms with Gasteiger partial charge in [0.05, 0.1) is 0 Å². The molecule has 0 atom stereocenters. The minimum atomic E-state index is -0.132. The third-order valence-corrected chi connectivity index (χ3v) is 3.40. The predicted octanol–water partition coefficient (Wildman–Crippen LogP) is 4.78. The highest BCUT2D eigenvalue weighted by Gasteiger charge is 2.18. The van der Waals surface area contributed by atoms with Crippen molar-refractivity contribution >= 4 is 45.7 Å². The number of halogens is 2. The summed E-state index contributed by atoms with van der Waals surface area (Å²) in [6.45, 7) is 6.19. The van der Waals surface area contributed by atoms with Gasteiger partial charge in [-0.15, -0.1) is 0 Å². The van der Waals surface area contributed by atoms with Gasteiger partial charge in [0.25, 0.3) is 0 Å². The van der Waals surface area contributed by atoms with Gasteiger partial charge >= 0.3 is 0 Å². The zero-order valence-corrected chi connectivity index (χ0v) is 14.0. The minimum Gasteiger partial charge on any atom is -0.340 e. The van der Waals surface area contributed by atoms with Gasteiger partial charge < -0.3 is 5.32 Å². The van der Waals surface area contributed by atoms with Crippen molar-refractivity contribution in [3.05, 3.63) is 44.9 Å². The molecule has 0 saturated carbocycles. The number of anilines is 2. The first-order valence-electron chi connectivity index (χ1n) is 5.92. The van der Waals surface area contributed by atoms with E-state index < -0.39 is 0 Å². The van der Waals surface area contributed by atoms with Gasteiger partial charge in [0.15, 0.2) is 0 Å². The van der Waals surface area contributed by atoms with Crippen LogP contribution in [-0.2, 0) is 5.41 Å². The molecule has 0 bridgehead atoms. The van der Waals surface area contributed by atoms with E-state index in [1.807, 2.05) is 24.3 Å². The number of aromatic nitrogens is 2. The highest BCUT2D eigenvalue weighted by Crippen LogP contribution is 2.24. The first kappa shape index (κ1) is 14.5. The molecule has 100 valence electrons. The lowest BCUT2D eigenvalue weighted by Crippen LogP contribution is -2.16. The topological polar surface area (TPSA) is 37.8 Å². The monoisotopic (exact) mass is 387 g/mol. The fraction of sp³-hybridized carbons (Fsp3) is 0.286. The molecule has 0 spiro atoms. The second kappa shape index (κ2) is 5.63. The normalized spacial score (nSPS) is 11.4. The molecule has 1 aromatic carbocycles. The van der Waals surface area contributed by atoms with Crippen molar-refractivity contribution < 1.29 is 0 Å². The highest BCUT2D eigenvalue weighted by molar-refractivity contribution is 14.1. The van der Waals surface area contributed by atoms with Crippen molar-refractivity contribution in [2.45, 2.75) is 26.2 Å². The van der Waals surface area contributed by atoms with Crippen molar-refractivity contribution in [2.75, 3.05) is 5.32 Å². The molecule has 3 nitrogen and oxygen atoms in total. The van der Waals surface area contributed by atoms with Gasteiger partial charge in [-0.1, -0.05) is 32.4 Å². The molecule has 0 radical (unpaired) electrons. The molecule has 2 aromatic rings. The standard InChI is InChI=1S/C14H15ClIN3/c1-14(2,3)13-18-11(15)8-12(19-13)17-10-6-4-9(16)5-7-10/h4-8H,1-3H3,(H,17,18,19). The lowest BCUT2D eigenvalue weighted by molar-refractivity contribution is 0.546. The van der Waals surface area contributed by atoms with Crippen LogP contribution in [0.3, 0.4) is 0 Å². The van der Waals surface area contributed by atoms with Crippen molar-refractivity contribution in [3.8, 4) is 0 Å². The average molecular weight is 388 g/mol. The summed E-state index contributed by atoms with van der Waals surface area (Å²) >= 11 is 8.33. The largest absolute Gasteiger partial charge is 0.340 e. The number of hydrogen-bond acceptors (Lipinski definition) is 3. The maximum atomic E-state index is 6.06. The Morgan fingerprint density at radius 2 is 1.74 bits per heavy atom. The first-order chi connectivity index (χ1) is 8.84. The number of hydrogen-bond donors (Lipinski definition) is 1. The Hall–Kier alpha value is -0.880. The lowest BCUT2D eigenvalue weighted by Gasteiger charge is -2.17. The third kappa shape index (κ3) is 4.04. The number of rotatable bonds is 2. The summed E-state index contributed by atoms with van der Waals surface area (Å²) in [5, 5.41) is 3.70. The Balaban J connectivity index is 2.30. The molecule has 1 aromatic heterocycles. The fourth-order valence-corrected chi connectivity index (χ4v) is 2.04. The summed E-state index contributed by atoms with van der Waals surface area (Å²) in [4.78, 5) is 8.79. The molecule has 19 heavy (non-hydrogen) atoms. The molecule has 0 amide bonds. The van der Waals surface area contributed by atoms with E-state index in [4.69, 9.17) is 11.6 Å². The zero-order chi connectivity index (χ0) is 14.0. The van der Waals surface area contributed by atoms with E-state index in [2.05, 4.69) is 58.6 Å². The van der Waals surface area contributed by atoms with Crippen LogP contribution in [0.15, 0.2) is 30.3 Å². The smallest absolute Gasteiger partial charge is 0.137 e. The molecule has 2 rings (SSSR count). The van der Waals surface area contributed by atoms with Crippen LogP contribution in [0.1, 0.15) is 26.6 Å². The van der Waals surface area contributed by atoms with E-state index in [9.17, 15) is 0 Å². The maximum absolute atomic E-state index is 6.06. The van der Waals surface area contributed by atoms with Crippen molar-refractivity contribution in [1.29, 1.82) is 0 Å². The summed E-state index contributed by atoms with van der Waals surface area (Å²) in [5.74, 6) is 1.44. The van der Waals surface area contributed by atoms with Crippen LogP contribution in [0.25, 0.3) is 0 Å². The molecular formula is C14H15ClIN3. The van der Waals surface area contributed by atoms with Gasteiger partial charge in [-0.25, -0.2) is 9.97 Å². The Morgan fingerprint density at radius 3 is 2.32 bits per heavy atom. The van der Waals surface area contributed by atoms with Gasteiger partial charge in [-0.3, -0.25) is 0 Å². The summed E-state index contributed by atoms with van der Waals surface area (Å²) in [5.41, 5.74) is 0.850. The molecule has 5 heteroatoms. The van der Waals surface area contributed by atoms with E-state index in [0.717, 1.165) is 11.5 Å². The molecule has 1 heterocycles. The van der Waals surface area contributed by atoms with Gasteiger partial charge in [-0.05, 0) is 46.9 Å². The molecule has 0 fully saturated rings. The van der Waals surface area contributed by atoms with E-state index in [1.165, 1.54) is 3.57 Å². The van der Waals surface area contributed by atoms with Crippen LogP contribution in [0, 0.1) is 3.57 Å². The Bertz CT molecular complexity index is 576. The zero-order valence-electron chi connectivity index (χ0n) is 11.0. The van der Waals surface area contributed by atoms with Crippen LogP contribution in [0.2, 0.25) is 5.15 Å². The van der Waals surface area contributed by atoms with Crippen LogP contribution >= 0.6 is 34.2 Å². The van der Waals surface area contributed by atoms with E-state index in [1.54, 1.807) is 6.07 Å². The summed E-state index contributed by atoms with van der Waals surface area (Å²) in [7, 11) is 0. The van der Waals surface area contributed by atoms with Crippen LogP contribution < -0.4 is 5.32 Å². The summed E-state index contributed by atoms with van der Waals surface area (Å²) in [6.07, 6.45) is 0. The predicted molar refractivity (Wildman–Crippen MR) is 88.2 cm³/mol. The minimum absolute atomic E-state index is 0.132. The van der Waals surface area contributed by atoms with E-state index in [0.29, 0.717) is 11.0 Å². The second-order valence-corrected chi connectivity index (χ2v) is 6.91. The number of nitrogens with zero attached hydrogens (tertiary/aromatic N) is 2. The Kier molecular flexibility index (Phi) is 4.30. The molecule has 0 aliphatic heterocycles. The molecule has 0 saturated heterocycles. The van der Waals surface area contributed by atoms with Gasteiger partial charge in [-0.2, -0.15) is 0 Å². The molecule has 0 unspecified atom stereocenters. The second-order valence-electron chi connectivity index (χ2n) is 5.28. The van der Waals surface area contributed by atoms with E-state index in [-0.39, 0.29) is 5.41 Å². The van der Waals surface area contributed by atoms with Gasteiger partial charge in [0.1, 0.15) is 16.8 Å². The van der Waals surface area contributed by atoms with E-state index >= 15 is 0 Å². The molecule has 0 aliphatic carbocycles. The van der Waals surface area contributed by atoms with Gasteiger partial charge in [0.2, 0.25) is 0 Å². The maximum Gasteiger partial charge on any atom is 0.137 e. The average Bonchev–Trinajstić information content (AvgIpc) is 2.30. The molecule has 0 aliphatic rings. The van der Waals surface area contributed by atoms with Crippen molar-refractivity contribution in [1.82, 2.24) is 9.97 Å². The number of nitrogens with one attached hydrogen (secondary N) is 1. The number of benzene rings is 1. The summed E-state index contributed by atoms with van der Waals surface area (Å²) in [6, 6.07) is 9.82. The van der Waals surface area contributed by atoms with Crippen LogP contribution in [-0.4, -0.2) is 9.97 Å². The van der Waals surface area contributed by atoms with Crippen LogP contribution in [0.5, 0.6) is 0 Å². The van der Waals surface area contributed by atoms with Crippen molar-refractivity contribution in [2.24, 2.45) is 0 Å². The lowest BCUT2D eigenvalue weighted by atomic mass is 9.96. The first-order valence-corrected chi connectivity index (χ1v) is 7.38. The third-order valence-electron chi connectivity index (χ3n) is 2.48. The molecule has 1 N–H and O–H groups in total. The Labute approximate surface area is 132 Å². The Morgan fingerprint density at radius 1 is 1.11 bits per heavy atom. The quantitative estimate of drug-likeness (QED) is 0.595. The highest BCUT2D eigenvalue weighted by atomic mass is 127. The molecular weight excluding hydrogens is 373 g/mol.